The Hall–Kier alpha value is -4.05. The number of halogens is 1. The highest BCUT2D eigenvalue weighted by molar-refractivity contribution is 7.89. The van der Waals surface area contributed by atoms with E-state index in [-0.39, 0.29) is 17.2 Å². The molecule has 2 unspecified atom stereocenters. The van der Waals surface area contributed by atoms with E-state index in [4.69, 9.17) is 11.6 Å². The minimum Gasteiger partial charge on any atom is -0.480 e. The van der Waals surface area contributed by atoms with E-state index in [0.29, 0.717) is 21.8 Å². The third kappa shape index (κ3) is 5.17. The number of nitrogens with one attached hydrogen (secondary N) is 2. The minimum atomic E-state index is -4.14. The number of anilines is 1. The predicted molar refractivity (Wildman–Crippen MR) is 144 cm³/mol. The first kappa shape index (κ1) is 25.6. The maximum atomic E-state index is 13.2. The summed E-state index contributed by atoms with van der Waals surface area (Å²) >= 11 is 5.93. The average Bonchev–Trinajstić information content (AvgIpc) is 3.65. The van der Waals surface area contributed by atoms with Crippen LogP contribution in [0.1, 0.15) is 28.3 Å². The number of carboxylic acids is 1. The van der Waals surface area contributed by atoms with Gasteiger partial charge in [-0.1, -0.05) is 48.0 Å². The van der Waals surface area contributed by atoms with E-state index >= 15 is 0 Å². The number of benzene rings is 3. The van der Waals surface area contributed by atoms with Crippen molar-refractivity contribution in [3.05, 3.63) is 113 Å². The fourth-order valence-corrected chi connectivity index (χ4v) is 5.90. The highest BCUT2D eigenvalue weighted by Gasteiger charge is 2.63. The third-order valence-electron chi connectivity index (χ3n) is 6.49. The number of hydrogen-bond acceptors (Lipinski definition) is 5. The molecule has 0 radical (unpaired) electrons. The first-order chi connectivity index (χ1) is 18.2. The molecule has 5 rings (SSSR count). The molecule has 1 aliphatic carbocycles. The number of aromatic nitrogens is 1. The van der Waals surface area contributed by atoms with Crippen molar-refractivity contribution in [2.45, 2.75) is 22.8 Å². The van der Waals surface area contributed by atoms with Crippen molar-refractivity contribution in [1.82, 2.24) is 9.71 Å². The number of sulfonamides is 1. The van der Waals surface area contributed by atoms with Crippen LogP contribution < -0.4 is 10.0 Å². The second kappa shape index (κ2) is 10.0. The third-order valence-corrected chi connectivity index (χ3v) is 8.27. The van der Waals surface area contributed by atoms with Crippen LogP contribution in [0.4, 0.5) is 5.69 Å². The van der Waals surface area contributed by atoms with E-state index in [2.05, 4.69) is 15.0 Å². The van der Waals surface area contributed by atoms with Crippen LogP contribution >= 0.6 is 11.6 Å². The molecule has 192 valence electrons. The molecule has 3 aromatic carbocycles. The molecule has 0 aliphatic heterocycles. The number of pyridine rings is 1. The van der Waals surface area contributed by atoms with Crippen LogP contribution in [-0.2, 0) is 14.8 Å². The standard InChI is InChI=1S/C28H22ClN3O5S/c29-22-8-4-18(5-9-22)19-6-10-24(11-7-19)38(36,37)32-28(27(34)35)17-25(28)21-2-1-3-23(16-21)31-26(33)20-12-14-30-15-13-20/h1-16,25,32H,17H2,(H,31,33)(H,34,35). The summed E-state index contributed by atoms with van der Waals surface area (Å²) in [6.45, 7) is 0. The maximum Gasteiger partial charge on any atom is 0.325 e. The Labute approximate surface area is 224 Å². The normalized spacial score (nSPS) is 18.5. The lowest BCUT2D eigenvalue weighted by atomic mass is 10.1. The van der Waals surface area contributed by atoms with Crippen LogP contribution in [0.15, 0.2) is 102 Å². The van der Waals surface area contributed by atoms with Gasteiger partial charge in [0.25, 0.3) is 5.91 Å². The Kier molecular flexibility index (Phi) is 6.75. The van der Waals surface area contributed by atoms with Gasteiger partial charge in [0, 0.05) is 34.6 Å². The lowest BCUT2D eigenvalue weighted by Crippen LogP contribution is -2.44. The monoisotopic (exact) mass is 547 g/mol. The second-order valence-corrected chi connectivity index (χ2v) is 11.1. The van der Waals surface area contributed by atoms with Gasteiger partial charge >= 0.3 is 5.97 Å². The molecule has 8 nitrogen and oxygen atoms in total. The summed E-state index contributed by atoms with van der Waals surface area (Å²) in [5.41, 5.74) is 1.46. The highest BCUT2D eigenvalue weighted by Crippen LogP contribution is 2.52. The molecule has 1 aliphatic rings. The Bertz CT molecular complexity index is 1610. The molecule has 0 saturated heterocycles. The SMILES string of the molecule is O=C(Nc1cccc(C2CC2(NS(=O)(=O)c2ccc(-c3ccc(Cl)cc3)cc2)C(=O)O)c1)c1ccncc1. The van der Waals surface area contributed by atoms with Crippen LogP contribution in [0.3, 0.4) is 0 Å². The number of rotatable bonds is 8. The van der Waals surface area contributed by atoms with E-state index in [1.807, 2.05) is 12.1 Å². The molecular weight excluding hydrogens is 526 g/mol. The van der Waals surface area contributed by atoms with Crippen molar-refractivity contribution in [1.29, 1.82) is 0 Å². The van der Waals surface area contributed by atoms with Crippen LogP contribution in [-0.4, -0.2) is 35.9 Å². The molecule has 1 heterocycles. The molecule has 1 saturated carbocycles. The highest BCUT2D eigenvalue weighted by atomic mass is 35.5. The van der Waals surface area contributed by atoms with Crippen molar-refractivity contribution < 1.29 is 23.1 Å². The summed E-state index contributed by atoms with van der Waals surface area (Å²) in [6.07, 6.45) is 3.09. The molecular formula is C28H22ClN3O5S. The number of aliphatic carboxylic acids is 1. The van der Waals surface area contributed by atoms with Gasteiger partial charge in [-0.2, -0.15) is 4.72 Å². The molecule has 2 atom stereocenters. The van der Waals surface area contributed by atoms with Crippen molar-refractivity contribution >= 4 is 39.2 Å². The Morgan fingerprint density at radius 3 is 2.18 bits per heavy atom. The van der Waals surface area contributed by atoms with Gasteiger partial charge in [0.2, 0.25) is 10.0 Å². The summed E-state index contributed by atoms with van der Waals surface area (Å²) in [5, 5.41) is 13.4. The van der Waals surface area contributed by atoms with E-state index in [0.717, 1.165) is 11.1 Å². The topological polar surface area (TPSA) is 125 Å². The zero-order valence-corrected chi connectivity index (χ0v) is 21.4. The number of amides is 1. The zero-order chi connectivity index (χ0) is 26.9. The minimum absolute atomic E-state index is 0.0418. The Morgan fingerprint density at radius 1 is 0.921 bits per heavy atom. The fourth-order valence-electron chi connectivity index (χ4n) is 4.37. The van der Waals surface area contributed by atoms with Gasteiger partial charge in [0.1, 0.15) is 5.54 Å². The van der Waals surface area contributed by atoms with E-state index in [1.54, 1.807) is 60.7 Å². The van der Waals surface area contributed by atoms with Crippen LogP contribution in [0, 0.1) is 0 Å². The van der Waals surface area contributed by atoms with Crippen molar-refractivity contribution in [3.8, 4) is 11.1 Å². The summed E-state index contributed by atoms with van der Waals surface area (Å²) in [7, 11) is -4.14. The number of nitrogens with zero attached hydrogens (tertiary/aromatic N) is 1. The molecule has 0 bridgehead atoms. The van der Waals surface area contributed by atoms with Gasteiger partial charge in [0.05, 0.1) is 4.90 Å². The Balaban J connectivity index is 1.34. The lowest BCUT2D eigenvalue weighted by Gasteiger charge is -2.16. The number of carbonyl (C=O) groups excluding carboxylic acids is 1. The average molecular weight is 548 g/mol. The number of hydrogen-bond donors (Lipinski definition) is 3. The van der Waals surface area contributed by atoms with Gasteiger partial charge in [-0.05, 0) is 71.6 Å². The van der Waals surface area contributed by atoms with Crippen molar-refractivity contribution in [3.63, 3.8) is 0 Å². The predicted octanol–water partition coefficient (Wildman–Crippen LogP) is 4.94. The van der Waals surface area contributed by atoms with Crippen molar-refractivity contribution in [2.75, 3.05) is 5.32 Å². The summed E-state index contributed by atoms with van der Waals surface area (Å²) < 4.78 is 28.8. The molecule has 38 heavy (non-hydrogen) atoms. The van der Waals surface area contributed by atoms with E-state index < -0.39 is 27.4 Å². The fraction of sp³-hybridized carbons (Fsp3) is 0.107. The summed E-state index contributed by atoms with van der Waals surface area (Å²) in [6, 6.07) is 23.2. The van der Waals surface area contributed by atoms with Crippen LogP contribution in [0.25, 0.3) is 11.1 Å². The molecule has 1 fully saturated rings. The van der Waals surface area contributed by atoms with Gasteiger partial charge in [-0.25, -0.2) is 8.42 Å². The van der Waals surface area contributed by atoms with Gasteiger partial charge < -0.3 is 10.4 Å². The largest absolute Gasteiger partial charge is 0.480 e. The number of carbonyl (C=O) groups is 2. The smallest absolute Gasteiger partial charge is 0.325 e. The molecule has 1 amide bonds. The first-order valence-electron chi connectivity index (χ1n) is 11.6. The summed E-state index contributed by atoms with van der Waals surface area (Å²) in [5.74, 6) is -2.22. The van der Waals surface area contributed by atoms with Crippen LogP contribution in [0.5, 0.6) is 0 Å². The lowest BCUT2D eigenvalue weighted by molar-refractivity contribution is -0.140. The number of carboxylic acid groups (broad SMARTS) is 1. The first-order valence-corrected chi connectivity index (χ1v) is 13.5. The molecule has 10 heteroatoms. The molecule has 0 spiro atoms. The zero-order valence-electron chi connectivity index (χ0n) is 19.8. The summed E-state index contributed by atoms with van der Waals surface area (Å²) in [4.78, 5) is 28.6. The van der Waals surface area contributed by atoms with Gasteiger partial charge in [-0.15, -0.1) is 0 Å². The maximum absolute atomic E-state index is 13.2. The van der Waals surface area contributed by atoms with Crippen LogP contribution in [0.2, 0.25) is 5.02 Å². The molecule has 4 aromatic rings. The van der Waals surface area contributed by atoms with Gasteiger partial charge in [0.15, 0.2) is 0 Å². The molecule has 1 aromatic heterocycles. The van der Waals surface area contributed by atoms with Gasteiger partial charge in [-0.3, -0.25) is 14.6 Å². The quantitative estimate of drug-likeness (QED) is 0.287. The molecule has 3 N–H and O–H groups in total. The van der Waals surface area contributed by atoms with E-state index in [9.17, 15) is 23.1 Å². The second-order valence-electron chi connectivity index (χ2n) is 8.99. The van der Waals surface area contributed by atoms with Crippen molar-refractivity contribution in [2.24, 2.45) is 0 Å². The van der Waals surface area contributed by atoms with E-state index in [1.165, 1.54) is 24.5 Å². The Morgan fingerprint density at radius 2 is 1.55 bits per heavy atom.